The predicted octanol–water partition coefficient (Wildman–Crippen LogP) is 2.14. The summed E-state index contributed by atoms with van der Waals surface area (Å²) in [6, 6.07) is 7.85. The molecular weight excluding hydrogens is 304 g/mol. The Kier molecular flexibility index (Phi) is 4.89. The smallest absolute Gasteiger partial charge is 0.253 e. The van der Waals surface area contributed by atoms with E-state index in [4.69, 9.17) is 0 Å². The number of hydrogen-bond acceptors (Lipinski definition) is 3. The SMILES string of the molecule is O=C(NCCCCCCN1C(=O)C=CC1=O)C1=Cc2ccccc21. The van der Waals surface area contributed by atoms with E-state index in [1.165, 1.54) is 17.1 Å². The molecule has 2 aliphatic rings. The van der Waals surface area contributed by atoms with Crippen LogP contribution in [0.5, 0.6) is 0 Å². The van der Waals surface area contributed by atoms with E-state index in [9.17, 15) is 14.4 Å². The zero-order valence-corrected chi connectivity index (χ0v) is 13.5. The summed E-state index contributed by atoms with van der Waals surface area (Å²) in [5, 5.41) is 2.94. The van der Waals surface area contributed by atoms with Crippen molar-refractivity contribution in [2.75, 3.05) is 13.1 Å². The molecule has 24 heavy (non-hydrogen) atoms. The monoisotopic (exact) mass is 324 g/mol. The van der Waals surface area contributed by atoms with E-state index in [1.54, 1.807) is 0 Å². The van der Waals surface area contributed by atoms with E-state index in [2.05, 4.69) is 5.32 Å². The lowest BCUT2D eigenvalue weighted by Gasteiger charge is -2.19. The van der Waals surface area contributed by atoms with Crippen LogP contribution in [0.4, 0.5) is 0 Å². The Morgan fingerprint density at radius 3 is 2.42 bits per heavy atom. The van der Waals surface area contributed by atoms with Gasteiger partial charge < -0.3 is 5.32 Å². The third-order valence-corrected chi connectivity index (χ3v) is 4.29. The molecule has 0 saturated carbocycles. The van der Waals surface area contributed by atoms with Crippen LogP contribution < -0.4 is 5.32 Å². The van der Waals surface area contributed by atoms with Crippen LogP contribution in [-0.2, 0) is 14.4 Å². The van der Waals surface area contributed by atoms with E-state index < -0.39 is 0 Å². The number of fused-ring (bicyclic) bond motifs is 1. The van der Waals surface area contributed by atoms with Gasteiger partial charge in [0, 0.05) is 30.8 Å². The molecule has 1 N–H and O–H groups in total. The number of nitrogens with zero attached hydrogens (tertiary/aromatic N) is 1. The molecule has 124 valence electrons. The molecule has 0 atom stereocenters. The van der Waals surface area contributed by atoms with Crippen LogP contribution in [0.2, 0.25) is 0 Å². The third-order valence-electron chi connectivity index (χ3n) is 4.29. The lowest BCUT2D eigenvalue weighted by molar-refractivity contribution is -0.136. The highest BCUT2D eigenvalue weighted by atomic mass is 16.2. The van der Waals surface area contributed by atoms with Crippen molar-refractivity contribution in [2.24, 2.45) is 0 Å². The highest BCUT2D eigenvalue weighted by Gasteiger charge is 2.22. The van der Waals surface area contributed by atoms with Gasteiger partial charge in [-0.1, -0.05) is 37.1 Å². The molecule has 0 spiro atoms. The second-order valence-electron chi connectivity index (χ2n) is 5.98. The fourth-order valence-electron chi connectivity index (χ4n) is 2.91. The number of unbranched alkanes of at least 4 members (excludes halogenated alkanes) is 3. The highest BCUT2D eigenvalue weighted by molar-refractivity contribution is 6.29. The summed E-state index contributed by atoms with van der Waals surface area (Å²) in [7, 11) is 0. The van der Waals surface area contributed by atoms with Crippen molar-refractivity contribution in [1.82, 2.24) is 10.2 Å². The average molecular weight is 324 g/mol. The minimum absolute atomic E-state index is 0.0203. The minimum Gasteiger partial charge on any atom is -0.352 e. The van der Waals surface area contributed by atoms with E-state index in [1.807, 2.05) is 30.3 Å². The first-order valence-electron chi connectivity index (χ1n) is 8.29. The van der Waals surface area contributed by atoms with Crippen molar-refractivity contribution in [3.8, 4) is 0 Å². The molecule has 0 radical (unpaired) electrons. The second-order valence-corrected chi connectivity index (χ2v) is 5.98. The van der Waals surface area contributed by atoms with Gasteiger partial charge in [-0.3, -0.25) is 19.3 Å². The van der Waals surface area contributed by atoms with Crippen molar-refractivity contribution in [1.29, 1.82) is 0 Å². The number of benzene rings is 1. The van der Waals surface area contributed by atoms with Crippen LogP contribution in [0.1, 0.15) is 36.8 Å². The number of hydrogen-bond donors (Lipinski definition) is 1. The quantitative estimate of drug-likeness (QED) is 0.588. The summed E-state index contributed by atoms with van der Waals surface area (Å²) < 4.78 is 0. The number of nitrogens with one attached hydrogen (secondary N) is 1. The zero-order chi connectivity index (χ0) is 16.9. The third kappa shape index (κ3) is 3.45. The van der Waals surface area contributed by atoms with E-state index in [0.717, 1.165) is 42.4 Å². The molecule has 0 saturated heterocycles. The second kappa shape index (κ2) is 7.25. The Morgan fingerprint density at radius 1 is 0.958 bits per heavy atom. The molecule has 0 aromatic heterocycles. The Bertz CT molecular complexity index is 716. The van der Waals surface area contributed by atoms with E-state index in [0.29, 0.717) is 13.1 Å². The van der Waals surface area contributed by atoms with Gasteiger partial charge in [0.25, 0.3) is 17.7 Å². The fourth-order valence-corrected chi connectivity index (χ4v) is 2.91. The number of imide groups is 1. The minimum atomic E-state index is -0.221. The highest BCUT2D eigenvalue weighted by Crippen LogP contribution is 2.31. The topological polar surface area (TPSA) is 66.5 Å². The maximum atomic E-state index is 12.1. The molecule has 1 aliphatic heterocycles. The molecule has 1 heterocycles. The Hall–Kier alpha value is -2.69. The fraction of sp³-hybridized carbons (Fsp3) is 0.316. The van der Waals surface area contributed by atoms with Gasteiger partial charge in [0.1, 0.15) is 0 Å². The Labute approximate surface area is 141 Å². The van der Waals surface area contributed by atoms with Gasteiger partial charge >= 0.3 is 0 Å². The van der Waals surface area contributed by atoms with Gasteiger partial charge in [0.05, 0.1) is 0 Å². The van der Waals surface area contributed by atoms with Crippen LogP contribution in [0, 0.1) is 0 Å². The average Bonchev–Trinajstić information content (AvgIpc) is 2.86. The lowest BCUT2D eigenvalue weighted by atomic mass is 9.88. The van der Waals surface area contributed by atoms with Crippen molar-refractivity contribution >= 4 is 29.4 Å². The first-order valence-corrected chi connectivity index (χ1v) is 8.29. The summed E-state index contributed by atoms with van der Waals surface area (Å²) in [5.41, 5.74) is 2.89. The lowest BCUT2D eigenvalue weighted by Crippen LogP contribution is -2.30. The van der Waals surface area contributed by atoms with Crippen molar-refractivity contribution in [3.05, 3.63) is 47.5 Å². The normalized spacial score (nSPS) is 15.2. The summed E-state index contributed by atoms with van der Waals surface area (Å²) in [6.45, 7) is 1.11. The van der Waals surface area contributed by atoms with Gasteiger partial charge in [0.2, 0.25) is 0 Å². The molecule has 5 nitrogen and oxygen atoms in total. The molecule has 3 rings (SSSR count). The summed E-state index contributed by atoms with van der Waals surface area (Å²) in [5.74, 6) is -0.462. The predicted molar refractivity (Wildman–Crippen MR) is 91.7 cm³/mol. The largest absolute Gasteiger partial charge is 0.352 e. The van der Waals surface area contributed by atoms with Crippen LogP contribution in [0.3, 0.4) is 0 Å². The maximum Gasteiger partial charge on any atom is 0.253 e. The molecular formula is C19H20N2O3. The number of carbonyl (C=O) groups excluding carboxylic acids is 3. The van der Waals surface area contributed by atoms with Crippen LogP contribution in [0.15, 0.2) is 36.4 Å². The van der Waals surface area contributed by atoms with Crippen LogP contribution in [0.25, 0.3) is 11.6 Å². The van der Waals surface area contributed by atoms with Gasteiger partial charge in [-0.25, -0.2) is 0 Å². The first kappa shape index (κ1) is 16.2. The van der Waals surface area contributed by atoms with Crippen molar-refractivity contribution in [2.45, 2.75) is 25.7 Å². The number of amides is 3. The molecule has 5 heteroatoms. The molecule has 1 aliphatic carbocycles. The molecule has 0 bridgehead atoms. The standard InChI is InChI=1S/C19H20N2O3/c22-17-9-10-18(23)21(17)12-6-2-1-5-11-20-19(24)16-13-14-7-3-4-8-15(14)16/h3-4,7-10,13H,1-2,5-6,11-12H2,(H,20,24). The summed E-state index contributed by atoms with van der Waals surface area (Å²) in [6.07, 6.45) is 8.10. The van der Waals surface area contributed by atoms with Crippen molar-refractivity contribution < 1.29 is 14.4 Å². The molecule has 0 unspecified atom stereocenters. The van der Waals surface area contributed by atoms with Crippen LogP contribution in [-0.4, -0.2) is 35.7 Å². The maximum absolute atomic E-state index is 12.1. The molecule has 0 fully saturated rings. The Balaban J connectivity index is 1.27. The molecule has 1 aromatic rings. The van der Waals surface area contributed by atoms with Gasteiger partial charge in [-0.2, -0.15) is 0 Å². The van der Waals surface area contributed by atoms with Gasteiger partial charge in [0.15, 0.2) is 0 Å². The number of carbonyl (C=O) groups is 3. The van der Waals surface area contributed by atoms with Crippen LogP contribution >= 0.6 is 0 Å². The molecule has 3 amide bonds. The van der Waals surface area contributed by atoms with Gasteiger partial charge in [-0.05, 0) is 30.0 Å². The number of rotatable bonds is 8. The first-order chi connectivity index (χ1) is 11.7. The zero-order valence-electron chi connectivity index (χ0n) is 13.5. The van der Waals surface area contributed by atoms with Crippen molar-refractivity contribution in [3.63, 3.8) is 0 Å². The Morgan fingerprint density at radius 2 is 1.67 bits per heavy atom. The summed E-state index contributed by atoms with van der Waals surface area (Å²) >= 11 is 0. The molecule has 1 aromatic carbocycles. The van der Waals surface area contributed by atoms with Gasteiger partial charge in [-0.15, -0.1) is 0 Å². The summed E-state index contributed by atoms with van der Waals surface area (Å²) in [4.78, 5) is 36.1. The van der Waals surface area contributed by atoms with E-state index >= 15 is 0 Å². The van der Waals surface area contributed by atoms with E-state index in [-0.39, 0.29) is 17.7 Å².